The predicted octanol–water partition coefficient (Wildman–Crippen LogP) is 8.81. The van der Waals surface area contributed by atoms with Gasteiger partial charge in [0.25, 0.3) is 0 Å². The number of carbonyl (C=O) groups is 2. The van der Waals surface area contributed by atoms with E-state index in [1.54, 1.807) is 11.3 Å². The second kappa shape index (κ2) is 9.71. The first-order chi connectivity index (χ1) is 19.3. The van der Waals surface area contributed by atoms with Gasteiger partial charge in [-0.3, -0.25) is 0 Å². The number of thiophene rings is 2. The van der Waals surface area contributed by atoms with E-state index in [0.29, 0.717) is 23.0 Å². The van der Waals surface area contributed by atoms with Gasteiger partial charge in [-0.1, -0.05) is 27.7 Å². The second-order valence-electron chi connectivity index (χ2n) is 11.6. The van der Waals surface area contributed by atoms with Crippen molar-refractivity contribution < 1.29 is 19.1 Å². The van der Waals surface area contributed by atoms with E-state index in [1.807, 2.05) is 13.8 Å². The SMILES string of the molecule is Cc1c(C2=C3OC(=O)C(c4sc(C(C)C)c(C)c4C)=C3OC2=O)sc(-c2c(C)c(C)c(C(C)C)c3nsnc23)c1C. The monoisotopic (exact) mass is 604 g/mol. The summed E-state index contributed by atoms with van der Waals surface area (Å²) < 4.78 is 21.0. The van der Waals surface area contributed by atoms with Crippen LogP contribution in [0, 0.1) is 41.5 Å². The molecule has 0 bridgehead atoms. The minimum Gasteiger partial charge on any atom is -0.418 e. The molecule has 6 nitrogen and oxygen atoms in total. The molecule has 212 valence electrons. The number of carbonyl (C=O) groups excluding carboxylic acids is 2. The predicted molar refractivity (Wildman–Crippen MR) is 168 cm³/mol. The highest BCUT2D eigenvalue weighted by atomic mass is 32.1. The van der Waals surface area contributed by atoms with Gasteiger partial charge in [0.05, 0.1) is 11.7 Å². The molecule has 3 aromatic heterocycles. The van der Waals surface area contributed by atoms with Crippen molar-refractivity contribution in [2.75, 3.05) is 0 Å². The summed E-state index contributed by atoms with van der Waals surface area (Å²) in [4.78, 5) is 30.5. The van der Waals surface area contributed by atoms with Crippen molar-refractivity contribution in [2.45, 2.75) is 81.1 Å². The maximum absolute atomic E-state index is 13.4. The molecule has 41 heavy (non-hydrogen) atoms. The summed E-state index contributed by atoms with van der Waals surface area (Å²) in [5.41, 5.74) is 11.4. The molecule has 5 heterocycles. The lowest BCUT2D eigenvalue weighted by atomic mass is 9.88. The van der Waals surface area contributed by atoms with Crippen LogP contribution in [0.5, 0.6) is 0 Å². The van der Waals surface area contributed by atoms with Crippen LogP contribution < -0.4 is 0 Å². The largest absolute Gasteiger partial charge is 0.418 e. The molecule has 0 N–H and O–H groups in total. The number of ether oxygens (including phenoxy) is 2. The zero-order chi connectivity index (χ0) is 29.7. The minimum atomic E-state index is -0.491. The fourth-order valence-corrected chi connectivity index (χ4v) is 9.38. The molecular formula is C32H32N2O4S3. The van der Waals surface area contributed by atoms with E-state index in [4.69, 9.17) is 13.8 Å². The third kappa shape index (κ3) is 3.92. The molecule has 0 atom stereocenters. The molecule has 4 aromatic rings. The van der Waals surface area contributed by atoms with Gasteiger partial charge in [0.2, 0.25) is 0 Å². The number of esters is 2. The highest BCUT2D eigenvalue weighted by Crippen LogP contribution is 2.51. The fourth-order valence-electron chi connectivity index (χ4n) is 6.02. The summed E-state index contributed by atoms with van der Waals surface area (Å²) in [7, 11) is 0. The molecule has 6 rings (SSSR count). The molecule has 9 heteroatoms. The van der Waals surface area contributed by atoms with Crippen molar-refractivity contribution in [2.24, 2.45) is 0 Å². The Kier molecular flexibility index (Phi) is 6.63. The third-order valence-corrected chi connectivity index (χ3v) is 12.2. The Labute approximate surface area is 252 Å². The molecular weight excluding hydrogens is 573 g/mol. The summed E-state index contributed by atoms with van der Waals surface area (Å²) in [6, 6.07) is 0. The van der Waals surface area contributed by atoms with Crippen molar-refractivity contribution in [3.05, 3.63) is 65.1 Å². The Balaban J connectivity index is 1.56. The molecule has 0 amide bonds. The van der Waals surface area contributed by atoms with E-state index in [2.05, 4.69) is 59.8 Å². The molecule has 0 radical (unpaired) electrons. The number of rotatable bonds is 5. The number of hydrogen-bond donors (Lipinski definition) is 0. The number of aromatic nitrogens is 2. The first-order valence-corrected chi connectivity index (χ1v) is 16.1. The summed E-state index contributed by atoms with van der Waals surface area (Å²) in [6.07, 6.45) is 0. The molecule has 1 aromatic carbocycles. The summed E-state index contributed by atoms with van der Waals surface area (Å²) >= 11 is 4.33. The fraction of sp³-hybridized carbons (Fsp3) is 0.375. The standard InChI is InChI=1S/C32H32N2O4S3/c1-11(2)19-13(5)14(6)20(24-23(19)33-41-34-24)28-17(9)18(10)30(40-28)22-26-25(37-32(22)36)21(31(35)38-26)29-16(8)15(7)27(39-29)12(3)4/h11-12H,1-10H3. The van der Waals surface area contributed by atoms with Gasteiger partial charge in [-0.25, -0.2) is 9.59 Å². The molecule has 0 fully saturated rings. The summed E-state index contributed by atoms with van der Waals surface area (Å²) in [6.45, 7) is 21.1. The van der Waals surface area contributed by atoms with Crippen molar-refractivity contribution in [1.29, 1.82) is 0 Å². The van der Waals surface area contributed by atoms with E-state index in [9.17, 15) is 9.59 Å². The van der Waals surface area contributed by atoms with Gasteiger partial charge in [0.15, 0.2) is 11.5 Å². The Hall–Kier alpha value is -3.14. The maximum Gasteiger partial charge on any atom is 0.349 e. The van der Waals surface area contributed by atoms with Gasteiger partial charge in [0, 0.05) is 25.1 Å². The molecule has 2 aliphatic heterocycles. The molecule has 0 unspecified atom stereocenters. The van der Waals surface area contributed by atoms with Crippen molar-refractivity contribution in [1.82, 2.24) is 8.75 Å². The van der Waals surface area contributed by atoms with Crippen LogP contribution >= 0.6 is 34.4 Å². The highest BCUT2D eigenvalue weighted by molar-refractivity contribution is 7.17. The quantitative estimate of drug-likeness (QED) is 0.212. The maximum atomic E-state index is 13.4. The average Bonchev–Trinajstić information content (AvgIpc) is 3.69. The van der Waals surface area contributed by atoms with Crippen LogP contribution in [-0.4, -0.2) is 20.7 Å². The third-order valence-electron chi connectivity index (χ3n) is 8.50. The van der Waals surface area contributed by atoms with Gasteiger partial charge in [0.1, 0.15) is 22.2 Å². The van der Waals surface area contributed by atoms with Gasteiger partial charge in [-0.2, -0.15) is 8.75 Å². The van der Waals surface area contributed by atoms with Crippen LogP contribution in [-0.2, 0) is 19.1 Å². The number of fused-ring (bicyclic) bond motifs is 2. The Bertz CT molecular complexity index is 1900. The van der Waals surface area contributed by atoms with Crippen LogP contribution in [0.3, 0.4) is 0 Å². The molecule has 0 aliphatic carbocycles. The van der Waals surface area contributed by atoms with Gasteiger partial charge < -0.3 is 9.47 Å². The second-order valence-corrected chi connectivity index (χ2v) is 14.2. The van der Waals surface area contributed by atoms with Crippen LogP contribution in [0.4, 0.5) is 0 Å². The van der Waals surface area contributed by atoms with Gasteiger partial charge in [-0.15, -0.1) is 22.7 Å². The lowest BCUT2D eigenvalue weighted by Gasteiger charge is -2.17. The first kappa shape index (κ1) is 28.0. The van der Waals surface area contributed by atoms with Crippen LogP contribution in [0.25, 0.3) is 32.6 Å². The van der Waals surface area contributed by atoms with E-state index in [1.165, 1.54) is 39.1 Å². The van der Waals surface area contributed by atoms with E-state index < -0.39 is 11.9 Å². The molecule has 2 aliphatic rings. The minimum absolute atomic E-state index is 0.228. The van der Waals surface area contributed by atoms with E-state index in [0.717, 1.165) is 59.0 Å². The van der Waals surface area contributed by atoms with Crippen LogP contribution in [0.15, 0.2) is 11.5 Å². The zero-order valence-corrected chi connectivity index (χ0v) is 27.4. The Morgan fingerprint density at radius 2 is 1.10 bits per heavy atom. The Morgan fingerprint density at radius 3 is 1.63 bits per heavy atom. The van der Waals surface area contributed by atoms with Crippen LogP contribution in [0.2, 0.25) is 0 Å². The zero-order valence-electron chi connectivity index (χ0n) is 24.9. The number of nitrogens with zero attached hydrogens (tertiary/aromatic N) is 2. The Morgan fingerprint density at radius 1 is 0.585 bits per heavy atom. The summed E-state index contributed by atoms with van der Waals surface area (Å²) in [5.74, 6) is 0.140. The lowest BCUT2D eigenvalue weighted by molar-refractivity contribution is -0.131. The smallest absolute Gasteiger partial charge is 0.349 e. The van der Waals surface area contributed by atoms with Crippen LogP contribution in [0.1, 0.15) is 93.1 Å². The topological polar surface area (TPSA) is 78.4 Å². The van der Waals surface area contributed by atoms with Crippen molar-refractivity contribution in [3.8, 4) is 10.4 Å². The van der Waals surface area contributed by atoms with Crippen molar-refractivity contribution in [3.63, 3.8) is 0 Å². The molecule has 0 saturated carbocycles. The average molecular weight is 605 g/mol. The normalized spacial score (nSPS) is 15.3. The van der Waals surface area contributed by atoms with Crippen molar-refractivity contribution >= 4 is 68.5 Å². The molecule has 0 saturated heterocycles. The van der Waals surface area contributed by atoms with E-state index >= 15 is 0 Å². The summed E-state index contributed by atoms with van der Waals surface area (Å²) in [5, 5.41) is 0. The highest BCUT2D eigenvalue weighted by Gasteiger charge is 2.46. The first-order valence-electron chi connectivity index (χ1n) is 13.7. The number of benzene rings is 1. The van der Waals surface area contributed by atoms with Gasteiger partial charge >= 0.3 is 11.9 Å². The van der Waals surface area contributed by atoms with E-state index in [-0.39, 0.29) is 11.5 Å². The molecule has 0 spiro atoms. The lowest BCUT2D eigenvalue weighted by Crippen LogP contribution is -2.04. The number of hydrogen-bond acceptors (Lipinski definition) is 9. The van der Waals surface area contributed by atoms with Gasteiger partial charge in [-0.05, 0) is 92.3 Å².